The Hall–Kier alpha value is -5.59. The SMILES string of the molecule is C[C@@H]1[C@H](CN2CCN(c3ccc([N+](=O)[O-])cc3)CC2)O[C@H](c2ccc(-c3ccccc3CNC(=O)NCc3ccccc3)cc2)O[C@@H]1c1ccc(CO)cc1. The highest BCUT2D eigenvalue weighted by atomic mass is 16.7. The molecule has 0 unspecified atom stereocenters. The molecule has 5 aromatic rings. The minimum Gasteiger partial charge on any atom is -0.392 e. The number of benzene rings is 5. The third-order valence-electron chi connectivity index (χ3n) is 10.6. The van der Waals surface area contributed by atoms with Gasteiger partial charge in [0.1, 0.15) is 0 Å². The second-order valence-corrected chi connectivity index (χ2v) is 14.2. The molecule has 0 aromatic heterocycles. The highest BCUT2D eigenvalue weighted by molar-refractivity contribution is 5.75. The summed E-state index contributed by atoms with van der Waals surface area (Å²) in [4.78, 5) is 28.0. The molecule has 0 bridgehead atoms. The number of aliphatic hydroxyl groups excluding tert-OH is 1. The molecule has 0 aliphatic carbocycles. The molecule has 3 N–H and O–H groups in total. The number of carbonyl (C=O) groups is 1. The molecule has 2 saturated heterocycles. The van der Waals surface area contributed by atoms with Gasteiger partial charge in [0.25, 0.3) is 5.69 Å². The number of amides is 2. The predicted octanol–water partition coefficient (Wildman–Crippen LogP) is 7.37. The molecule has 11 nitrogen and oxygen atoms in total. The van der Waals surface area contributed by atoms with Crippen molar-refractivity contribution >= 4 is 17.4 Å². The van der Waals surface area contributed by atoms with Crippen molar-refractivity contribution in [1.82, 2.24) is 15.5 Å². The van der Waals surface area contributed by atoms with Crippen molar-refractivity contribution in [3.05, 3.63) is 165 Å². The van der Waals surface area contributed by atoms with Crippen LogP contribution in [0, 0.1) is 16.0 Å². The van der Waals surface area contributed by atoms with E-state index in [1.165, 1.54) is 0 Å². The molecule has 2 amide bonds. The summed E-state index contributed by atoms with van der Waals surface area (Å²) in [6.07, 6.45) is -0.937. The number of hydrogen-bond donors (Lipinski definition) is 3. The zero-order valence-corrected chi connectivity index (χ0v) is 30.9. The van der Waals surface area contributed by atoms with Crippen molar-refractivity contribution in [1.29, 1.82) is 0 Å². The van der Waals surface area contributed by atoms with Gasteiger partial charge in [0, 0.05) is 75.1 Å². The smallest absolute Gasteiger partial charge is 0.315 e. The summed E-state index contributed by atoms with van der Waals surface area (Å²) in [5.41, 5.74) is 7.97. The molecule has 0 radical (unpaired) electrons. The van der Waals surface area contributed by atoms with Gasteiger partial charge in [0.15, 0.2) is 6.29 Å². The normalized spacial score (nSPS) is 20.1. The van der Waals surface area contributed by atoms with Crippen LogP contribution in [0.4, 0.5) is 16.2 Å². The molecule has 55 heavy (non-hydrogen) atoms. The van der Waals surface area contributed by atoms with Crippen LogP contribution in [0.1, 0.15) is 47.1 Å². The number of piperazine rings is 1. The van der Waals surface area contributed by atoms with Crippen LogP contribution in [-0.4, -0.2) is 59.8 Å². The molecule has 2 aliphatic rings. The van der Waals surface area contributed by atoms with Gasteiger partial charge in [0.05, 0.1) is 23.7 Å². The highest BCUT2D eigenvalue weighted by Crippen LogP contribution is 2.42. The molecule has 284 valence electrons. The number of hydrogen-bond acceptors (Lipinski definition) is 8. The summed E-state index contributed by atoms with van der Waals surface area (Å²) in [6.45, 7) is 7.01. The van der Waals surface area contributed by atoms with Crippen LogP contribution < -0.4 is 15.5 Å². The third-order valence-corrected chi connectivity index (χ3v) is 10.6. The van der Waals surface area contributed by atoms with Gasteiger partial charge in [-0.15, -0.1) is 0 Å². The van der Waals surface area contributed by atoms with Crippen LogP contribution in [0.2, 0.25) is 0 Å². The summed E-state index contributed by atoms with van der Waals surface area (Å²) in [5.74, 6) is 0.0486. The van der Waals surface area contributed by atoms with E-state index in [1.807, 2.05) is 84.9 Å². The van der Waals surface area contributed by atoms with Crippen LogP contribution in [0.3, 0.4) is 0 Å². The number of aliphatic hydroxyl groups is 1. The number of ether oxygens (including phenoxy) is 2. The van der Waals surface area contributed by atoms with Gasteiger partial charge in [-0.3, -0.25) is 15.0 Å². The van der Waals surface area contributed by atoms with Gasteiger partial charge in [-0.05, 0) is 45.5 Å². The molecule has 0 saturated carbocycles. The number of anilines is 1. The number of nitro benzene ring substituents is 1. The zero-order chi connectivity index (χ0) is 38.1. The molecule has 11 heteroatoms. The second-order valence-electron chi connectivity index (χ2n) is 14.2. The molecular weight excluding hydrogens is 695 g/mol. The van der Waals surface area contributed by atoms with E-state index in [4.69, 9.17) is 9.47 Å². The first-order valence-corrected chi connectivity index (χ1v) is 18.8. The van der Waals surface area contributed by atoms with Crippen LogP contribution in [0.5, 0.6) is 0 Å². The average Bonchev–Trinajstić information content (AvgIpc) is 3.24. The summed E-state index contributed by atoms with van der Waals surface area (Å²) >= 11 is 0. The molecule has 2 aliphatic heterocycles. The van der Waals surface area contributed by atoms with Gasteiger partial charge in [-0.2, -0.15) is 0 Å². The summed E-state index contributed by atoms with van der Waals surface area (Å²) < 4.78 is 13.5. The lowest BCUT2D eigenvalue weighted by molar-refractivity contribution is -0.384. The summed E-state index contributed by atoms with van der Waals surface area (Å²) in [6, 6.07) is 40.6. The Labute approximate surface area is 321 Å². The maximum absolute atomic E-state index is 12.6. The number of nitrogens with one attached hydrogen (secondary N) is 2. The highest BCUT2D eigenvalue weighted by Gasteiger charge is 2.39. The van der Waals surface area contributed by atoms with E-state index in [2.05, 4.69) is 57.7 Å². The van der Waals surface area contributed by atoms with E-state index < -0.39 is 6.29 Å². The molecule has 4 atom stereocenters. The summed E-state index contributed by atoms with van der Waals surface area (Å²) in [5, 5.41) is 26.7. The Morgan fingerprint density at radius 2 is 1.42 bits per heavy atom. The van der Waals surface area contributed by atoms with Gasteiger partial charge < -0.3 is 30.1 Å². The minimum atomic E-state index is -0.593. The largest absolute Gasteiger partial charge is 0.392 e. The topological polar surface area (TPSA) is 129 Å². The van der Waals surface area contributed by atoms with Gasteiger partial charge in [0.2, 0.25) is 0 Å². The van der Waals surface area contributed by atoms with Gasteiger partial charge in [-0.1, -0.05) is 110 Å². The quantitative estimate of drug-likeness (QED) is 0.0894. The number of nitrogens with zero attached hydrogens (tertiary/aromatic N) is 3. The fourth-order valence-corrected chi connectivity index (χ4v) is 7.35. The van der Waals surface area contributed by atoms with Crippen molar-refractivity contribution < 1.29 is 24.3 Å². The first kappa shape index (κ1) is 37.7. The monoisotopic (exact) mass is 741 g/mol. The number of rotatable bonds is 12. The molecule has 7 rings (SSSR count). The lowest BCUT2D eigenvalue weighted by Crippen LogP contribution is -2.51. The Kier molecular flexibility index (Phi) is 12.1. The Morgan fingerprint density at radius 1 is 0.764 bits per heavy atom. The van der Waals surface area contributed by atoms with Crippen LogP contribution in [0.25, 0.3) is 11.1 Å². The lowest BCUT2D eigenvalue weighted by atomic mass is 9.89. The van der Waals surface area contributed by atoms with Crippen molar-refractivity contribution in [3.8, 4) is 11.1 Å². The number of non-ortho nitro benzene ring substituents is 1. The Morgan fingerprint density at radius 3 is 2.11 bits per heavy atom. The Bertz CT molecular complexity index is 2020. The lowest BCUT2D eigenvalue weighted by Gasteiger charge is -2.44. The predicted molar refractivity (Wildman–Crippen MR) is 212 cm³/mol. The van der Waals surface area contributed by atoms with Crippen LogP contribution >= 0.6 is 0 Å². The van der Waals surface area contributed by atoms with Crippen LogP contribution in [-0.2, 0) is 29.2 Å². The van der Waals surface area contributed by atoms with E-state index in [9.17, 15) is 20.0 Å². The molecule has 2 heterocycles. The fraction of sp³-hybridized carbons (Fsp3) is 0.295. The fourth-order valence-electron chi connectivity index (χ4n) is 7.35. The second kappa shape index (κ2) is 17.7. The minimum absolute atomic E-state index is 0.0193. The number of carbonyl (C=O) groups excluding carboxylic acids is 1. The third kappa shape index (κ3) is 9.38. The average molecular weight is 742 g/mol. The first-order valence-electron chi connectivity index (χ1n) is 18.8. The van der Waals surface area contributed by atoms with E-state index in [-0.39, 0.29) is 41.4 Å². The molecular formula is C44H47N5O6. The van der Waals surface area contributed by atoms with Crippen molar-refractivity contribution in [2.75, 3.05) is 37.6 Å². The van der Waals surface area contributed by atoms with Crippen LogP contribution in [0.15, 0.2) is 127 Å². The molecule has 2 fully saturated rings. The standard InChI is InChI=1S/C44H47N5O6/c1-31-41(29-47-23-25-48(26-24-47)38-19-21-39(22-20-38)49(52)53)54-43(55-42(31)35-13-11-33(30-50)12-14-35)36-17-15-34(16-18-36)40-10-6-5-9-37(40)28-46-44(51)45-27-32-7-3-2-4-8-32/h2-22,31,41-43,50H,23-30H2,1H3,(H2,45,46,51)/t31-,41+,42+,43+/m1/s1. The van der Waals surface area contributed by atoms with E-state index in [1.54, 1.807) is 12.1 Å². The van der Waals surface area contributed by atoms with Gasteiger partial charge >= 0.3 is 6.03 Å². The van der Waals surface area contributed by atoms with Crippen molar-refractivity contribution in [3.63, 3.8) is 0 Å². The maximum Gasteiger partial charge on any atom is 0.315 e. The molecule has 0 spiro atoms. The van der Waals surface area contributed by atoms with Gasteiger partial charge in [-0.25, -0.2) is 4.79 Å². The summed E-state index contributed by atoms with van der Waals surface area (Å²) in [7, 11) is 0. The van der Waals surface area contributed by atoms with E-state index in [0.717, 1.165) is 77.4 Å². The first-order chi connectivity index (χ1) is 26.8. The van der Waals surface area contributed by atoms with E-state index in [0.29, 0.717) is 13.1 Å². The maximum atomic E-state index is 12.6. The number of nitro groups is 1. The zero-order valence-electron chi connectivity index (χ0n) is 30.9. The Balaban J connectivity index is 1.03. The number of urea groups is 1. The van der Waals surface area contributed by atoms with E-state index >= 15 is 0 Å². The molecule has 5 aromatic carbocycles. The van der Waals surface area contributed by atoms with Crippen molar-refractivity contribution in [2.24, 2.45) is 5.92 Å². The van der Waals surface area contributed by atoms with Crippen molar-refractivity contribution in [2.45, 2.75) is 45.1 Å².